The number of aryl methyl sites for hydroxylation is 1. The van der Waals surface area contributed by atoms with Gasteiger partial charge in [0, 0.05) is 25.4 Å². The van der Waals surface area contributed by atoms with Crippen LogP contribution in [0, 0.1) is 11.3 Å². The summed E-state index contributed by atoms with van der Waals surface area (Å²) in [6.45, 7) is 7.10. The van der Waals surface area contributed by atoms with Crippen LogP contribution in [0.1, 0.15) is 52.9 Å². The van der Waals surface area contributed by atoms with Crippen LogP contribution in [0.2, 0.25) is 0 Å². The van der Waals surface area contributed by atoms with Crippen LogP contribution < -0.4 is 10.9 Å². The van der Waals surface area contributed by atoms with Gasteiger partial charge in [-0.15, -0.1) is 0 Å². The highest BCUT2D eigenvalue weighted by molar-refractivity contribution is 5.41. The Morgan fingerprint density at radius 1 is 1.25 bits per heavy atom. The summed E-state index contributed by atoms with van der Waals surface area (Å²) in [4.78, 5) is 11.4. The minimum atomic E-state index is 0.0453. The molecule has 0 atom stereocenters. The summed E-state index contributed by atoms with van der Waals surface area (Å²) in [6, 6.07) is 4.08. The largest absolute Gasteiger partial charge is 0.381 e. The lowest BCUT2D eigenvalue weighted by Gasteiger charge is -2.39. The maximum Gasteiger partial charge on any atom is 0.250 e. The average Bonchev–Trinajstić information content (AvgIpc) is 2.43. The van der Waals surface area contributed by atoms with Crippen molar-refractivity contribution in [2.45, 2.75) is 58.9 Å². The molecule has 3 nitrogen and oxygen atoms in total. The molecule has 1 saturated carbocycles. The van der Waals surface area contributed by atoms with Crippen LogP contribution in [0.4, 0.5) is 5.69 Å². The van der Waals surface area contributed by atoms with Gasteiger partial charge >= 0.3 is 0 Å². The zero-order valence-electron chi connectivity index (χ0n) is 13.3. The number of nitrogens with one attached hydrogen (secondary N) is 1. The van der Waals surface area contributed by atoms with Crippen LogP contribution in [-0.4, -0.2) is 10.6 Å². The van der Waals surface area contributed by atoms with Crippen molar-refractivity contribution < 1.29 is 0 Å². The maximum atomic E-state index is 11.4. The predicted octanol–water partition coefficient (Wildman–Crippen LogP) is 3.79. The minimum absolute atomic E-state index is 0.0453. The van der Waals surface area contributed by atoms with Crippen molar-refractivity contribution in [1.82, 2.24) is 4.57 Å². The molecule has 1 aliphatic rings. The van der Waals surface area contributed by atoms with Gasteiger partial charge in [0.2, 0.25) is 5.56 Å². The average molecular weight is 276 g/mol. The van der Waals surface area contributed by atoms with E-state index in [-0.39, 0.29) is 5.56 Å². The fourth-order valence-electron chi connectivity index (χ4n) is 3.22. The van der Waals surface area contributed by atoms with E-state index in [2.05, 4.69) is 26.1 Å². The first-order valence-corrected chi connectivity index (χ1v) is 7.85. The smallest absolute Gasteiger partial charge is 0.250 e. The number of hydrogen-bond acceptors (Lipinski definition) is 2. The third kappa shape index (κ3) is 3.44. The lowest BCUT2D eigenvalue weighted by atomic mass is 9.69. The number of hydrogen-bond donors (Lipinski definition) is 1. The molecule has 1 fully saturated rings. The number of nitrogens with zero attached hydrogens (tertiary/aromatic N) is 1. The molecule has 1 aromatic rings. The van der Waals surface area contributed by atoms with E-state index in [9.17, 15) is 4.79 Å². The van der Waals surface area contributed by atoms with Gasteiger partial charge in [0.25, 0.3) is 0 Å². The quantitative estimate of drug-likeness (QED) is 0.907. The Morgan fingerprint density at radius 3 is 2.45 bits per heavy atom. The molecule has 2 rings (SSSR count). The molecule has 0 aromatic carbocycles. The molecule has 0 saturated heterocycles. The van der Waals surface area contributed by atoms with E-state index in [0.717, 1.165) is 11.6 Å². The molecular formula is C17H28N2O. The molecule has 1 N–H and O–H groups in total. The molecule has 0 bridgehead atoms. The fraction of sp³-hybridized carbons (Fsp3) is 0.706. The summed E-state index contributed by atoms with van der Waals surface area (Å²) in [5.41, 5.74) is 1.58. The number of rotatable bonds is 4. The molecular weight excluding hydrogens is 248 g/mol. The normalized spacial score (nSPS) is 23.6. The van der Waals surface area contributed by atoms with Gasteiger partial charge in [-0.05, 0) is 43.1 Å². The topological polar surface area (TPSA) is 34.0 Å². The van der Waals surface area contributed by atoms with Gasteiger partial charge in [-0.2, -0.15) is 0 Å². The number of pyridine rings is 1. The molecule has 0 unspecified atom stereocenters. The van der Waals surface area contributed by atoms with Gasteiger partial charge in [-0.3, -0.25) is 4.79 Å². The molecule has 0 radical (unpaired) electrons. The number of aromatic nitrogens is 1. The second kappa shape index (κ2) is 6.02. The zero-order chi connectivity index (χ0) is 14.8. The fourth-order valence-corrected chi connectivity index (χ4v) is 3.22. The Kier molecular flexibility index (Phi) is 4.56. The highest BCUT2D eigenvalue weighted by Gasteiger charge is 2.31. The summed E-state index contributed by atoms with van der Waals surface area (Å²) in [6.07, 6.45) is 8.24. The third-order valence-electron chi connectivity index (χ3n) is 5.20. The van der Waals surface area contributed by atoms with E-state index < -0.39 is 0 Å². The van der Waals surface area contributed by atoms with Gasteiger partial charge in [-0.1, -0.05) is 27.2 Å². The first kappa shape index (κ1) is 15.1. The second-order valence-electron chi connectivity index (χ2n) is 6.90. The Bertz CT molecular complexity index is 496. The van der Waals surface area contributed by atoms with Crippen LogP contribution in [0.15, 0.2) is 23.1 Å². The second-order valence-corrected chi connectivity index (χ2v) is 6.90. The Balaban J connectivity index is 1.91. The van der Waals surface area contributed by atoms with Crippen molar-refractivity contribution >= 4 is 5.69 Å². The molecule has 0 aliphatic heterocycles. The van der Waals surface area contributed by atoms with Crippen molar-refractivity contribution in [2.24, 2.45) is 18.4 Å². The monoisotopic (exact) mass is 276 g/mol. The summed E-state index contributed by atoms with van der Waals surface area (Å²) in [5.74, 6) is 0.852. The van der Waals surface area contributed by atoms with Crippen molar-refractivity contribution in [3.05, 3.63) is 28.7 Å². The third-order valence-corrected chi connectivity index (χ3v) is 5.20. The Labute approximate surface area is 122 Å². The van der Waals surface area contributed by atoms with Crippen LogP contribution in [0.5, 0.6) is 0 Å². The summed E-state index contributed by atoms with van der Waals surface area (Å²) >= 11 is 0. The predicted molar refractivity (Wildman–Crippen MR) is 85.1 cm³/mol. The van der Waals surface area contributed by atoms with Crippen LogP contribution in [0.3, 0.4) is 0 Å². The highest BCUT2D eigenvalue weighted by atomic mass is 16.1. The molecule has 20 heavy (non-hydrogen) atoms. The summed E-state index contributed by atoms with van der Waals surface area (Å²) in [5, 5.41) is 3.58. The van der Waals surface area contributed by atoms with E-state index >= 15 is 0 Å². The van der Waals surface area contributed by atoms with E-state index in [4.69, 9.17) is 0 Å². The lowest BCUT2D eigenvalue weighted by molar-refractivity contribution is 0.147. The first-order valence-electron chi connectivity index (χ1n) is 7.85. The van der Waals surface area contributed by atoms with E-state index in [1.54, 1.807) is 17.7 Å². The molecule has 0 spiro atoms. The molecule has 0 amide bonds. The molecule has 1 aromatic heterocycles. The van der Waals surface area contributed by atoms with E-state index in [1.807, 2.05) is 12.3 Å². The van der Waals surface area contributed by atoms with E-state index in [1.165, 1.54) is 32.1 Å². The minimum Gasteiger partial charge on any atom is -0.381 e. The maximum absolute atomic E-state index is 11.4. The summed E-state index contributed by atoms with van der Waals surface area (Å²) in [7, 11) is 1.80. The van der Waals surface area contributed by atoms with Crippen molar-refractivity contribution in [3.63, 3.8) is 0 Å². The van der Waals surface area contributed by atoms with Crippen LogP contribution in [0.25, 0.3) is 0 Å². The van der Waals surface area contributed by atoms with Crippen molar-refractivity contribution in [3.8, 4) is 0 Å². The highest BCUT2D eigenvalue weighted by Crippen LogP contribution is 2.40. The van der Waals surface area contributed by atoms with Gasteiger partial charge in [0.1, 0.15) is 0 Å². The molecule has 3 heteroatoms. The van der Waals surface area contributed by atoms with Crippen LogP contribution in [-0.2, 0) is 7.05 Å². The Morgan fingerprint density at radius 2 is 1.90 bits per heavy atom. The zero-order valence-corrected chi connectivity index (χ0v) is 13.3. The standard InChI is InChI=1S/C17H28N2O/c1-5-17(2,3)13-6-8-14(9-7-13)18-15-10-11-16(20)19(4)12-15/h10-14,18H,5-9H2,1-4H3. The Hall–Kier alpha value is -1.25. The van der Waals surface area contributed by atoms with Gasteiger partial charge < -0.3 is 9.88 Å². The van der Waals surface area contributed by atoms with Gasteiger partial charge in [0.05, 0.1) is 5.69 Å². The lowest BCUT2D eigenvalue weighted by Crippen LogP contribution is -2.33. The van der Waals surface area contributed by atoms with Crippen molar-refractivity contribution in [1.29, 1.82) is 0 Å². The van der Waals surface area contributed by atoms with Gasteiger partial charge in [0.15, 0.2) is 0 Å². The summed E-state index contributed by atoms with van der Waals surface area (Å²) < 4.78 is 1.63. The van der Waals surface area contributed by atoms with Crippen molar-refractivity contribution in [2.75, 3.05) is 5.32 Å². The van der Waals surface area contributed by atoms with Gasteiger partial charge in [-0.25, -0.2) is 0 Å². The van der Waals surface area contributed by atoms with E-state index in [0.29, 0.717) is 11.5 Å². The first-order chi connectivity index (χ1) is 9.42. The molecule has 112 valence electrons. The molecule has 1 heterocycles. The number of anilines is 1. The van der Waals surface area contributed by atoms with Crippen LogP contribution >= 0.6 is 0 Å². The molecule has 1 aliphatic carbocycles. The SMILES string of the molecule is CCC(C)(C)C1CCC(Nc2ccc(=O)n(C)c2)CC1.